The molecule has 0 saturated carbocycles. The first-order chi connectivity index (χ1) is 10.6. The maximum absolute atomic E-state index is 12.7. The zero-order valence-corrected chi connectivity index (χ0v) is 14.4. The highest BCUT2D eigenvalue weighted by atomic mass is 79.9. The van der Waals surface area contributed by atoms with Crippen molar-refractivity contribution in [2.45, 2.75) is 11.4 Å². The molecule has 0 N–H and O–H groups in total. The van der Waals surface area contributed by atoms with Crippen LogP contribution in [0.4, 0.5) is 0 Å². The summed E-state index contributed by atoms with van der Waals surface area (Å²) in [6.07, 6.45) is 1.66. The molecular formula is C15H17BrN2O3S. The Bertz CT molecular complexity index is 723. The minimum Gasteiger partial charge on any atom is -0.468 e. The summed E-state index contributed by atoms with van der Waals surface area (Å²) in [4.78, 5) is 2.53. The molecule has 0 spiro atoms. The van der Waals surface area contributed by atoms with Crippen molar-refractivity contribution >= 4 is 26.0 Å². The summed E-state index contributed by atoms with van der Waals surface area (Å²) < 4.78 is 32.9. The second-order valence-electron chi connectivity index (χ2n) is 5.19. The second-order valence-corrected chi connectivity index (χ2v) is 7.95. The van der Waals surface area contributed by atoms with Gasteiger partial charge in [0, 0.05) is 30.7 Å². The van der Waals surface area contributed by atoms with Crippen LogP contribution in [0.25, 0.3) is 0 Å². The first kappa shape index (κ1) is 15.7. The standard InChI is InChI=1S/C15H17BrN2O3S/c16-14-5-1-2-6-15(14)22(19,20)18-9-7-17(8-10-18)12-13-4-3-11-21-13/h1-6,11H,7-10,12H2. The summed E-state index contributed by atoms with van der Waals surface area (Å²) in [5.74, 6) is 0.905. The van der Waals surface area contributed by atoms with Crippen LogP contribution in [0.5, 0.6) is 0 Å². The Balaban J connectivity index is 1.67. The van der Waals surface area contributed by atoms with Gasteiger partial charge in [0.1, 0.15) is 5.76 Å². The van der Waals surface area contributed by atoms with E-state index in [1.165, 1.54) is 0 Å². The highest BCUT2D eigenvalue weighted by Gasteiger charge is 2.29. The number of hydrogen-bond donors (Lipinski definition) is 0. The number of benzene rings is 1. The summed E-state index contributed by atoms with van der Waals surface area (Å²) in [7, 11) is -3.44. The van der Waals surface area contributed by atoms with Crippen LogP contribution in [0, 0.1) is 0 Å². The topological polar surface area (TPSA) is 53.8 Å². The Hall–Kier alpha value is -1.15. The SMILES string of the molecule is O=S(=O)(c1ccccc1Br)N1CCN(Cc2ccco2)CC1. The number of halogens is 1. The van der Waals surface area contributed by atoms with Gasteiger partial charge in [-0.25, -0.2) is 8.42 Å². The first-order valence-electron chi connectivity index (χ1n) is 7.07. The van der Waals surface area contributed by atoms with E-state index >= 15 is 0 Å². The number of hydrogen-bond acceptors (Lipinski definition) is 4. The Morgan fingerprint density at radius 1 is 1.05 bits per heavy atom. The second kappa shape index (κ2) is 6.54. The number of sulfonamides is 1. The lowest BCUT2D eigenvalue weighted by Crippen LogP contribution is -2.48. The minimum absolute atomic E-state index is 0.328. The molecule has 0 bridgehead atoms. The number of nitrogens with zero attached hydrogens (tertiary/aromatic N) is 2. The molecule has 1 aromatic carbocycles. The van der Waals surface area contributed by atoms with Gasteiger partial charge in [-0.1, -0.05) is 12.1 Å². The lowest BCUT2D eigenvalue weighted by Gasteiger charge is -2.33. The molecule has 0 unspecified atom stereocenters. The van der Waals surface area contributed by atoms with Crippen molar-refractivity contribution in [2.24, 2.45) is 0 Å². The molecule has 118 valence electrons. The number of rotatable bonds is 4. The van der Waals surface area contributed by atoms with E-state index in [1.54, 1.807) is 28.8 Å². The van der Waals surface area contributed by atoms with Gasteiger partial charge in [-0.2, -0.15) is 4.31 Å². The molecule has 0 radical (unpaired) electrons. The third-order valence-electron chi connectivity index (χ3n) is 3.75. The van der Waals surface area contributed by atoms with Gasteiger partial charge in [-0.15, -0.1) is 0 Å². The van der Waals surface area contributed by atoms with Gasteiger partial charge in [0.2, 0.25) is 10.0 Å². The van der Waals surface area contributed by atoms with Gasteiger partial charge in [-0.3, -0.25) is 4.90 Å². The molecule has 0 aliphatic carbocycles. The lowest BCUT2D eigenvalue weighted by molar-refractivity contribution is 0.171. The molecule has 1 fully saturated rings. The molecule has 5 nitrogen and oxygen atoms in total. The predicted molar refractivity (Wildman–Crippen MR) is 86.9 cm³/mol. The highest BCUT2D eigenvalue weighted by Crippen LogP contribution is 2.25. The summed E-state index contributed by atoms with van der Waals surface area (Å²) in [5, 5.41) is 0. The average Bonchev–Trinajstić information content (AvgIpc) is 3.01. The molecule has 2 heterocycles. The van der Waals surface area contributed by atoms with Crippen LogP contribution in [0.15, 0.2) is 56.4 Å². The summed E-state index contributed by atoms with van der Waals surface area (Å²) in [6.45, 7) is 3.10. The van der Waals surface area contributed by atoms with E-state index in [0.717, 1.165) is 12.3 Å². The van der Waals surface area contributed by atoms with E-state index in [4.69, 9.17) is 4.42 Å². The Labute approximate surface area is 138 Å². The maximum atomic E-state index is 12.7. The fourth-order valence-corrected chi connectivity index (χ4v) is 4.93. The Morgan fingerprint density at radius 3 is 2.41 bits per heavy atom. The van der Waals surface area contributed by atoms with E-state index in [0.29, 0.717) is 35.5 Å². The molecule has 7 heteroatoms. The summed E-state index contributed by atoms with van der Waals surface area (Å²) in [6, 6.07) is 10.7. The zero-order valence-electron chi connectivity index (χ0n) is 12.0. The van der Waals surface area contributed by atoms with E-state index in [1.807, 2.05) is 18.2 Å². The van der Waals surface area contributed by atoms with E-state index in [-0.39, 0.29) is 0 Å². The summed E-state index contributed by atoms with van der Waals surface area (Å²) in [5.41, 5.74) is 0. The Kier molecular flexibility index (Phi) is 4.67. The van der Waals surface area contributed by atoms with Crippen LogP contribution < -0.4 is 0 Å². The van der Waals surface area contributed by atoms with Crippen molar-refractivity contribution in [3.8, 4) is 0 Å². The van der Waals surface area contributed by atoms with Crippen molar-refractivity contribution in [3.63, 3.8) is 0 Å². The molecule has 0 atom stereocenters. The van der Waals surface area contributed by atoms with Gasteiger partial charge >= 0.3 is 0 Å². The largest absolute Gasteiger partial charge is 0.468 e. The molecule has 1 saturated heterocycles. The Morgan fingerprint density at radius 2 is 1.77 bits per heavy atom. The predicted octanol–water partition coefficient (Wildman–Crippen LogP) is 2.55. The van der Waals surface area contributed by atoms with E-state index < -0.39 is 10.0 Å². The molecule has 1 aliphatic heterocycles. The van der Waals surface area contributed by atoms with Crippen LogP contribution in [0.1, 0.15) is 5.76 Å². The lowest BCUT2D eigenvalue weighted by atomic mass is 10.3. The fraction of sp³-hybridized carbons (Fsp3) is 0.333. The normalized spacial score (nSPS) is 17.7. The van der Waals surface area contributed by atoms with Crippen LogP contribution in [0.3, 0.4) is 0 Å². The van der Waals surface area contributed by atoms with Crippen molar-refractivity contribution in [1.29, 1.82) is 0 Å². The third kappa shape index (κ3) is 3.27. The van der Waals surface area contributed by atoms with Gasteiger partial charge in [0.05, 0.1) is 17.7 Å². The van der Waals surface area contributed by atoms with Crippen LogP contribution in [0.2, 0.25) is 0 Å². The molecular weight excluding hydrogens is 368 g/mol. The van der Waals surface area contributed by atoms with Crippen molar-refractivity contribution in [2.75, 3.05) is 26.2 Å². The maximum Gasteiger partial charge on any atom is 0.244 e. The monoisotopic (exact) mass is 384 g/mol. The molecule has 2 aromatic rings. The van der Waals surface area contributed by atoms with E-state index in [9.17, 15) is 8.42 Å². The minimum atomic E-state index is -3.44. The van der Waals surface area contributed by atoms with Gasteiger partial charge in [-0.05, 0) is 40.2 Å². The van der Waals surface area contributed by atoms with E-state index in [2.05, 4.69) is 20.8 Å². The van der Waals surface area contributed by atoms with Gasteiger partial charge in [0.25, 0.3) is 0 Å². The number of furan rings is 1. The number of piperazine rings is 1. The highest BCUT2D eigenvalue weighted by molar-refractivity contribution is 9.10. The molecule has 1 aliphatic rings. The molecule has 0 amide bonds. The molecule has 22 heavy (non-hydrogen) atoms. The zero-order chi connectivity index (χ0) is 15.6. The third-order valence-corrected chi connectivity index (χ3v) is 6.66. The van der Waals surface area contributed by atoms with Crippen LogP contribution in [-0.4, -0.2) is 43.8 Å². The quantitative estimate of drug-likeness (QED) is 0.812. The average molecular weight is 385 g/mol. The first-order valence-corrected chi connectivity index (χ1v) is 9.30. The molecule has 3 rings (SSSR count). The van der Waals surface area contributed by atoms with Crippen molar-refractivity contribution in [1.82, 2.24) is 9.21 Å². The smallest absolute Gasteiger partial charge is 0.244 e. The fourth-order valence-electron chi connectivity index (χ4n) is 2.54. The summed E-state index contributed by atoms with van der Waals surface area (Å²) >= 11 is 3.32. The van der Waals surface area contributed by atoms with Crippen LogP contribution in [-0.2, 0) is 16.6 Å². The van der Waals surface area contributed by atoms with Gasteiger partial charge in [0.15, 0.2) is 0 Å². The van der Waals surface area contributed by atoms with Crippen molar-refractivity contribution < 1.29 is 12.8 Å². The van der Waals surface area contributed by atoms with Gasteiger partial charge < -0.3 is 4.42 Å². The molecule has 1 aromatic heterocycles. The van der Waals surface area contributed by atoms with Crippen molar-refractivity contribution in [3.05, 3.63) is 52.9 Å². The van der Waals surface area contributed by atoms with Crippen LogP contribution >= 0.6 is 15.9 Å².